The number of alkyl halides is 6. The van der Waals surface area contributed by atoms with Crippen LogP contribution >= 0.6 is 0 Å². The molecule has 1 aliphatic rings. The molecule has 196 valence electrons. The molecule has 0 saturated heterocycles. The fraction of sp³-hybridized carbons (Fsp3) is 0.273. The molecule has 1 saturated carbocycles. The summed E-state index contributed by atoms with van der Waals surface area (Å²) in [5.41, 5.74) is -1.39. The van der Waals surface area contributed by atoms with Crippen molar-refractivity contribution in [1.29, 1.82) is 0 Å². The van der Waals surface area contributed by atoms with Crippen molar-refractivity contribution in [2.24, 2.45) is 0 Å². The van der Waals surface area contributed by atoms with E-state index in [4.69, 9.17) is 0 Å². The zero-order chi connectivity index (χ0) is 27.0. The Hall–Kier alpha value is -4.50. The van der Waals surface area contributed by atoms with Crippen molar-refractivity contribution in [3.8, 4) is 11.3 Å². The van der Waals surface area contributed by atoms with Crippen molar-refractivity contribution in [3.05, 3.63) is 74.7 Å². The van der Waals surface area contributed by atoms with E-state index in [1.165, 1.54) is 23.0 Å². The third-order valence-electron chi connectivity index (χ3n) is 6.31. The standard InChI is InChI=1S/C22H14F6N8O2/c23-21(24,25)8-36-16-5-14(30-7-13(16)17(34-36)22(26,27)28)10-3-9(10)11-4-15(33-35-2-1-29-18(11)35)12-6-31-20(38)32-19(12)37/h1-2,4-7,9-10H,3,8H2,(H2,31,32,37,38)/t9-,10-/m0/s1. The highest BCUT2D eigenvalue weighted by Crippen LogP contribution is 2.55. The number of pyridine rings is 1. The molecule has 0 bridgehead atoms. The summed E-state index contributed by atoms with van der Waals surface area (Å²) in [7, 11) is 0. The smallest absolute Gasteiger partial charge is 0.313 e. The molecule has 2 N–H and O–H groups in total. The minimum atomic E-state index is -4.96. The predicted molar refractivity (Wildman–Crippen MR) is 118 cm³/mol. The van der Waals surface area contributed by atoms with Crippen molar-refractivity contribution in [3.63, 3.8) is 0 Å². The van der Waals surface area contributed by atoms with Crippen molar-refractivity contribution >= 4 is 16.6 Å². The van der Waals surface area contributed by atoms with Crippen LogP contribution in [0.5, 0.6) is 0 Å². The normalized spacial score (nSPS) is 17.9. The number of aromatic nitrogens is 8. The molecule has 0 radical (unpaired) electrons. The summed E-state index contributed by atoms with van der Waals surface area (Å²) < 4.78 is 81.2. The number of H-pyrrole nitrogens is 2. The molecule has 5 aromatic rings. The fourth-order valence-corrected chi connectivity index (χ4v) is 4.60. The number of hydrogen-bond donors (Lipinski definition) is 2. The Morgan fingerprint density at radius 1 is 1.03 bits per heavy atom. The van der Waals surface area contributed by atoms with Gasteiger partial charge in [-0.3, -0.25) is 19.4 Å². The van der Waals surface area contributed by atoms with Gasteiger partial charge in [0.1, 0.15) is 6.54 Å². The summed E-state index contributed by atoms with van der Waals surface area (Å²) in [6.45, 7) is -1.69. The van der Waals surface area contributed by atoms with E-state index in [9.17, 15) is 35.9 Å². The third-order valence-corrected chi connectivity index (χ3v) is 6.31. The second kappa shape index (κ2) is 8.00. The Kier molecular flexibility index (Phi) is 5.02. The van der Waals surface area contributed by atoms with Gasteiger partial charge < -0.3 is 4.98 Å². The van der Waals surface area contributed by atoms with Crippen LogP contribution < -0.4 is 11.2 Å². The molecule has 5 heterocycles. The van der Waals surface area contributed by atoms with Gasteiger partial charge >= 0.3 is 18.0 Å². The summed E-state index contributed by atoms with van der Waals surface area (Å²) in [6.07, 6.45) is -4.11. The van der Waals surface area contributed by atoms with E-state index < -0.39 is 41.2 Å². The zero-order valence-electron chi connectivity index (χ0n) is 18.8. The van der Waals surface area contributed by atoms with Crippen molar-refractivity contribution in [1.82, 2.24) is 39.3 Å². The maximum absolute atomic E-state index is 13.4. The van der Waals surface area contributed by atoms with Crippen LogP contribution in [-0.4, -0.2) is 45.5 Å². The molecular weight excluding hydrogens is 522 g/mol. The van der Waals surface area contributed by atoms with E-state index in [0.29, 0.717) is 28.0 Å². The molecule has 38 heavy (non-hydrogen) atoms. The Morgan fingerprint density at radius 3 is 2.53 bits per heavy atom. The number of hydrogen-bond acceptors (Lipinski definition) is 6. The number of rotatable bonds is 4. The number of nitrogens with one attached hydrogen (secondary N) is 2. The number of imidazole rings is 1. The Bertz CT molecular complexity index is 1830. The quantitative estimate of drug-likeness (QED) is 0.339. The maximum atomic E-state index is 13.4. The van der Waals surface area contributed by atoms with E-state index in [0.717, 1.165) is 6.20 Å². The number of aromatic amines is 2. The molecule has 6 rings (SSSR count). The van der Waals surface area contributed by atoms with Gasteiger partial charge in [-0.25, -0.2) is 14.3 Å². The van der Waals surface area contributed by atoms with Crippen LogP contribution in [0.2, 0.25) is 0 Å². The highest BCUT2D eigenvalue weighted by Gasteiger charge is 2.44. The molecule has 0 aromatic carbocycles. The van der Waals surface area contributed by atoms with Crippen LogP contribution in [0.1, 0.15) is 35.2 Å². The van der Waals surface area contributed by atoms with Gasteiger partial charge in [0.15, 0.2) is 11.3 Å². The molecule has 16 heteroatoms. The van der Waals surface area contributed by atoms with Crippen molar-refractivity contribution in [2.75, 3.05) is 0 Å². The maximum Gasteiger partial charge on any atom is 0.435 e. The molecule has 0 spiro atoms. The second-order valence-electron chi connectivity index (χ2n) is 8.86. The first-order chi connectivity index (χ1) is 17.9. The SMILES string of the molecule is O=c1[nH]cc(-c2cc([C@H]3C[C@@H]3c3cc4c(cn3)c(C(F)(F)F)nn4CC(F)(F)F)c3nccn3n2)c(=O)[nH]1. The first kappa shape index (κ1) is 23.9. The minimum Gasteiger partial charge on any atom is -0.313 e. The van der Waals surface area contributed by atoms with Crippen LogP contribution in [0.3, 0.4) is 0 Å². The lowest BCUT2D eigenvalue weighted by molar-refractivity contribution is -0.148. The topological polar surface area (TPSA) is 127 Å². The molecule has 0 aliphatic heterocycles. The zero-order valence-corrected chi connectivity index (χ0v) is 18.8. The van der Waals surface area contributed by atoms with Gasteiger partial charge in [-0.2, -0.15) is 36.5 Å². The van der Waals surface area contributed by atoms with E-state index in [1.807, 2.05) is 0 Å². The van der Waals surface area contributed by atoms with Gasteiger partial charge in [-0.15, -0.1) is 0 Å². The summed E-state index contributed by atoms with van der Waals surface area (Å²) >= 11 is 0. The molecule has 1 aliphatic carbocycles. The highest BCUT2D eigenvalue weighted by molar-refractivity contribution is 5.82. The predicted octanol–water partition coefficient (Wildman–Crippen LogP) is 3.37. The summed E-state index contributed by atoms with van der Waals surface area (Å²) in [4.78, 5) is 36.6. The lowest BCUT2D eigenvalue weighted by Gasteiger charge is -2.09. The lowest BCUT2D eigenvalue weighted by Crippen LogP contribution is -2.23. The summed E-state index contributed by atoms with van der Waals surface area (Å²) in [6, 6.07) is 2.82. The van der Waals surface area contributed by atoms with Gasteiger partial charge in [-0.05, 0) is 24.5 Å². The van der Waals surface area contributed by atoms with Crippen LogP contribution in [0.15, 0.2) is 46.5 Å². The Morgan fingerprint density at radius 2 is 1.82 bits per heavy atom. The fourth-order valence-electron chi connectivity index (χ4n) is 4.60. The van der Waals surface area contributed by atoms with Gasteiger partial charge in [0.05, 0.1) is 22.2 Å². The van der Waals surface area contributed by atoms with Crippen LogP contribution in [0, 0.1) is 0 Å². The summed E-state index contributed by atoms with van der Waals surface area (Å²) in [5, 5.41) is 7.01. The molecular formula is C22H14F6N8O2. The molecule has 10 nitrogen and oxygen atoms in total. The van der Waals surface area contributed by atoms with Crippen molar-refractivity contribution in [2.45, 2.75) is 37.2 Å². The highest BCUT2D eigenvalue weighted by atomic mass is 19.4. The number of fused-ring (bicyclic) bond motifs is 2. The molecule has 5 aromatic heterocycles. The number of nitrogens with zero attached hydrogens (tertiary/aromatic N) is 6. The first-order valence-electron chi connectivity index (χ1n) is 11.1. The molecule has 1 fully saturated rings. The molecule has 2 atom stereocenters. The van der Waals surface area contributed by atoms with E-state index in [1.54, 1.807) is 12.3 Å². The van der Waals surface area contributed by atoms with Crippen LogP contribution in [0.25, 0.3) is 27.8 Å². The molecule has 0 unspecified atom stereocenters. The Balaban J connectivity index is 1.41. The largest absolute Gasteiger partial charge is 0.435 e. The van der Waals surface area contributed by atoms with Gasteiger partial charge in [0.25, 0.3) is 5.56 Å². The van der Waals surface area contributed by atoms with Gasteiger partial charge in [-0.1, -0.05) is 0 Å². The van der Waals surface area contributed by atoms with Gasteiger partial charge in [0.2, 0.25) is 0 Å². The average molecular weight is 536 g/mol. The number of halogens is 6. The summed E-state index contributed by atoms with van der Waals surface area (Å²) in [5.74, 6) is -0.595. The second-order valence-corrected chi connectivity index (χ2v) is 8.86. The molecule has 0 amide bonds. The average Bonchev–Trinajstić information content (AvgIpc) is 3.32. The Labute approximate surface area is 206 Å². The lowest BCUT2D eigenvalue weighted by atomic mass is 10.1. The van der Waals surface area contributed by atoms with E-state index in [2.05, 4.69) is 30.1 Å². The van der Waals surface area contributed by atoms with Crippen LogP contribution in [-0.2, 0) is 12.7 Å². The van der Waals surface area contributed by atoms with Crippen molar-refractivity contribution < 1.29 is 26.3 Å². The van der Waals surface area contributed by atoms with Gasteiger partial charge in [0, 0.05) is 42.0 Å². The first-order valence-corrected chi connectivity index (χ1v) is 11.1. The monoisotopic (exact) mass is 536 g/mol. The van der Waals surface area contributed by atoms with E-state index in [-0.39, 0.29) is 28.6 Å². The third kappa shape index (κ3) is 4.10. The van der Waals surface area contributed by atoms with E-state index >= 15 is 0 Å². The van der Waals surface area contributed by atoms with Crippen LogP contribution in [0.4, 0.5) is 26.3 Å². The minimum absolute atomic E-state index is 0.0916.